The number of carbonyl (C=O) groups is 2. The first-order chi connectivity index (χ1) is 9.26. The third-order valence-corrected chi connectivity index (χ3v) is 2.79. The Morgan fingerprint density at radius 1 is 1.50 bits per heavy atom. The zero-order valence-corrected chi connectivity index (χ0v) is 12.5. The fourth-order valence-corrected chi connectivity index (χ4v) is 2.02. The highest BCUT2D eigenvalue weighted by molar-refractivity contribution is 7.13. The van der Waals surface area contributed by atoms with Crippen molar-refractivity contribution in [1.82, 2.24) is 4.98 Å². The number of carboxylic acids is 1. The lowest BCUT2D eigenvalue weighted by Gasteiger charge is -2.18. The number of nitrogens with zero attached hydrogens (tertiary/aromatic N) is 1. The second kappa shape index (κ2) is 7.04. The molecule has 0 aliphatic rings. The molecular formula is C13H18N2O4S. The molecule has 0 aliphatic carbocycles. The number of hydrogen-bond donors (Lipinski definition) is 2. The fraction of sp³-hybridized carbons (Fsp3) is 0.462. The van der Waals surface area contributed by atoms with E-state index in [0.717, 1.165) is 11.8 Å². The summed E-state index contributed by atoms with van der Waals surface area (Å²) >= 11 is 1.30. The van der Waals surface area contributed by atoms with Gasteiger partial charge in [0.1, 0.15) is 5.60 Å². The number of aromatic nitrogens is 1. The summed E-state index contributed by atoms with van der Waals surface area (Å²) in [4.78, 5) is 26.0. The predicted octanol–water partition coefficient (Wildman–Crippen LogP) is 3.06. The molecule has 2 N–H and O–H groups in total. The van der Waals surface area contributed by atoms with E-state index in [1.165, 1.54) is 11.3 Å². The van der Waals surface area contributed by atoms with E-state index < -0.39 is 17.7 Å². The Morgan fingerprint density at radius 3 is 2.80 bits per heavy atom. The zero-order chi connectivity index (χ0) is 15.2. The van der Waals surface area contributed by atoms with E-state index in [-0.39, 0.29) is 0 Å². The number of allylic oxidation sites excluding steroid dienone is 1. The quantitative estimate of drug-likeness (QED) is 0.816. The monoisotopic (exact) mass is 298 g/mol. The number of carbonyl (C=O) groups excluding carboxylic acids is 1. The maximum absolute atomic E-state index is 11.5. The molecule has 0 spiro atoms. The lowest BCUT2D eigenvalue weighted by atomic mass is 10.2. The molecule has 0 saturated carbocycles. The Morgan fingerprint density at radius 2 is 2.20 bits per heavy atom. The first-order valence-electron chi connectivity index (χ1n) is 6.10. The van der Waals surface area contributed by atoms with Gasteiger partial charge in [-0.25, -0.2) is 14.6 Å². The Bertz CT molecular complexity index is 503. The first kappa shape index (κ1) is 16.2. The van der Waals surface area contributed by atoms with Crippen LogP contribution in [0.4, 0.5) is 9.93 Å². The number of hydrogen-bond acceptors (Lipinski definition) is 5. The average molecular weight is 298 g/mol. The number of anilines is 1. The minimum absolute atomic E-state index is 0.469. The van der Waals surface area contributed by atoms with E-state index in [1.54, 1.807) is 26.8 Å². The molecule has 0 radical (unpaired) electrons. The Balaban J connectivity index is 2.43. The van der Waals surface area contributed by atoms with Crippen LogP contribution < -0.4 is 5.32 Å². The highest BCUT2D eigenvalue weighted by Gasteiger charge is 2.17. The van der Waals surface area contributed by atoms with Gasteiger partial charge in [-0.3, -0.25) is 5.32 Å². The normalized spacial score (nSPS) is 11.6. The standard InChI is InChI=1S/C13H18N2O4S/c1-13(2,3)19-12(18)15-11-14-9(8-20-11)6-4-5-7-10(16)17/h5,7-8H,4,6H2,1-3H3,(H,16,17)(H,14,15,18). The number of nitrogens with one attached hydrogen (secondary N) is 1. The molecule has 0 unspecified atom stereocenters. The molecule has 1 aromatic heterocycles. The molecule has 1 amide bonds. The van der Waals surface area contributed by atoms with Crippen LogP contribution in [0.1, 0.15) is 32.9 Å². The van der Waals surface area contributed by atoms with Crippen molar-refractivity contribution in [3.63, 3.8) is 0 Å². The van der Waals surface area contributed by atoms with Crippen molar-refractivity contribution in [1.29, 1.82) is 0 Å². The molecule has 0 aromatic carbocycles. The lowest BCUT2D eigenvalue weighted by Crippen LogP contribution is -2.27. The van der Waals surface area contributed by atoms with E-state index in [0.29, 0.717) is 18.0 Å². The molecule has 0 saturated heterocycles. The van der Waals surface area contributed by atoms with Crippen molar-refractivity contribution >= 4 is 28.5 Å². The van der Waals surface area contributed by atoms with Gasteiger partial charge in [0.05, 0.1) is 5.69 Å². The Labute approximate surface area is 121 Å². The first-order valence-corrected chi connectivity index (χ1v) is 6.98. The number of aryl methyl sites for hydroxylation is 1. The van der Waals surface area contributed by atoms with Gasteiger partial charge in [-0.15, -0.1) is 11.3 Å². The van der Waals surface area contributed by atoms with Gasteiger partial charge in [0.2, 0.25) is 0 Å². The molecule has 110 valence electrons. The predicted molar refractivity (Wildman–Crippen MR) is 77.1 cm³/mol. The number of aliphatic carboxylic acids is 1. The molecule has 1 rings (SSSR count). The number of rotatable bonds is 5. The van der Waals surface area contributed by atoms with Crippen molar-refractivity contribution in [2.75, 3.05) is 5.32 Å². The van der Waals surface area contributed by atoms with Gasteiger partial charge in [-0.2, -0.15) is 0 Å². The molecule has 0 aliphatic heterocycles. The molecular weight excluding hydrogens is 280 g/mol. The average Bonchev–Trinajstić information content (AvgIpc) is 2.69. The summed E-state index contributed by atoms with van der Waals surface area (Å²) in [7, 11) is 0. The summed E-state index contributed by atoms with van der Waals surface area (Å²) in [5.74, 6) is -0.962. The molecule has 0 bridgehead atoms. The largest absolute Gasteiger partial charge is 0.478 e. The summed E-state index contributed by atoms with van der Waals surface area (Å²) in [5.41, 5.74) is 0.252. The molecule has 6 nitrogen and oxygen atoms in total. The third kappa shape index (κ3) is 6.89. The fourth-order valence-electron chi connectivity index (χ4n) is 1.29. The van der Waals surface area contributed by atoms with E-state index in [4.69, 9.17) is 9.84 Å². The van der Waals surface area contributed by atoms with E-state index in [9.17, 15) is 9.59 Å². The van der Waals surface area contributed by atoms with E-state index in [2.05, 4.69) is 10.3 Å². The van der Waals surface area contributed by atoms with Gasteiger partial charge < -0.3 is 9.84 Å². The summed E-state index contributed by atoms with van der Waals surface area (Å²) in [5, 5.41) is 13.3. The van der Waals surface area contributed by atoms with Gasteiger partial charge >= 0.3 is 12.1 Å². The summed E-state index contributed by atoms with van der Waals surface area (Å²) < 4.78 is 5.12. The summed E-state index contributed by atoms with van der Waals surface area (Å²) in [6.45, 7) is 5.36. The Kier molecular flexibility index (Phi) is 5.69. The minimum atomic E-state index is -0.962. The van der Waals surface area contributed by atoms with E-state index in [1.807, 2.05) is 5.38 Å². The van der Waals surface area contributed by atoms with Crippen LogP contribution in [0.15, 0.2) is 17.5 Å². The van der Waals surface area contributed by atoms with Crippen LogP contribution in [0.25, 0.3) is 0 Å². The third-order valence-electron chi connectivity index (χ3n) is 1.99. The maximum Gasteiger partial charge on any atom is 0.413 e. The number of amides is 1. The van der Waals surface area contributed by atoms with Crippen LogP contribution in [-0.4, -0.2) is 27.8 Å². The molecule has 0 atom stereocenters. The number of ether oxygens (including phenoxy) is 1. The smallest absolute Gasteiger partial charge is 0.413 e. The van der Waals surface area contributed by atoms with Gasteiger partial charge in [0.25, 0.3) is 0 Å². The second-order valence-electron chi connectivity index (χ2n) is 5.05. The number of carboxylic acid groups (broad SMARTS) is 1. The van der Waals surface area contributed by atoms with Gasteiger partial charge in [-0.05, 0) is 33.6 Å². The maximum atomic E-state index is 11.5. The highest BCUT2D eigenvalue weighted by atomic mass is 32.1. The van der Waals surface area contributed by atoms with Crippen molar-refractivity contribution in [2.45, 2.75) is 39.2 Å². The molecule has 1 aromatic rings. The second-order valence-corrected chi connectivity index (χ2v) is 5.91. The zero-order valence-electron chi connectivity index (χ0n) is 11.7. The van der Waals surface area contributed by atoms with Crippen LogP contribution in [-0.2, 0) is 16.0 Å². The van der Waals surface area contributed by atoms with Crippen LogP contribution in [0.3, 0.4) is 0 Å². The SMILES string of the molecule is CC(C)(C)OC(=O)Nc1nc(CCC=CC(=O)O)cs1. The highest BCUT2D eigenvalue weighted by Crippen LogP contribution is 2.18. The topological polar surface area (TPSA) is 88.5 Å². The summed E-state index contributed by atoms with van der Waals surface area (Å²) in [6, 6.07) is 0. The van der Waals surface area contributed by atoms with E-state index >= 15 is 0 Å². The molecule has 1 heterocycles. The van der Waals surface area contributed by atoms with Crippen molar-refractivity contribution in [2.24, 2.45) is 0 Å². The van der Waals surface area contributed by atoms with Crippen LogP contribution in [0.2, 0.25) is 0 Å². The van der Waals surface area contributed by atoms with Crippen molar-refractivity contribution in [3.8, 4) is 0 Å². The van der Waals surface area contributed by atoms with Crippen LogP contribution in [0, 0.1) is 0 Å². The van der Waals surface area contributed by atoms with Gasteiger partial charge in [-0.1, -0.05) is 6.08 Å². The molecule has 20 heavy (non-hydrogen) atoms. The van der Waals surface area contributed by atoms with Gasteiger partial charge in [0.15, 0.2) is 5.13 Å². The molecule has 7 heteroatoms. The number of thiazole rings is 1. The van der Waals surface area contributed by atoms with Crippen molar-refractivity contribution < 1.29 is 19.4 Å². The summed E-state index contributed by atoms with van der Waals surface area (Å²) in [6.07, 6.45) is 3.34. The van der Waals surface area contributed by atoms with Crippen LogP contribution in [0.5, 0.6) is 0 Å². The minimum Gasteiger partial charge on any atom is -0.478 e. The van der Waals surface area contributed by atoms with Crippen molar-refractivity contribution in [3.05, 3.63) is 23.2 Å². The Hall–Kier alpha value is -1.89. The lowest BCUT2D eigenvalue weighted by molar-refractivity contribution is -0.131. The van der Waals surface area contributed by atoms with Gasteiger partial charge in [0, 0.05) is 11.5 Å². The van der Waals surface area contributed by atoms with Crippen LogP contribution >= 0.6 is 11.3 Å². The molecule has 0 fully saturated rings.